The highest BCUT2D eigenvalue weighted by atomic mass is 35.5. The molecule has 5 rings (SSSR count). The van der Waals surface area contributed by atoms with Gasteiger partial charge in [0.1, 0.15) is 5.75 Å². The summed E-state index contributed by atoms with van der Waals surface area (Å²) in [5.41, 5.74) is 1.52. The average molecular weight is 619 g/mol. The first-order valence-corrected chi connectivity index (χ1v) is 15.3. The van der Waals surface area contributed by atoms with Crippen LogP contribution in [0.15, 0.2) is 75.6 Å². The Morgan fingerprint density at radius 3 is 2.64 bits per heavy atom. The maximum absolute atomic E-state index is 13.5. The van der Waals surface area contributed by atoms with Crippen LogP contribution in [0.5, 0.6) is 5.75 Å². The number of thiophene rings is 1. The third kappa shape index (κ3) is 5.85. The van der Waals surface area contributed by atoms with E-state index in [2.05, 4.69) is 10.2 Å². The lowest BCUT2D eigenvalue weighted by Gasteiger charge is -2.24. The van der Waals surface area contributed by atoms with Gasteiger partial charge >= 0.3 is 0 Å². The second kappa shape index (κ2) is 12.1. The van der Waals surface area contributed by atoms with E-state index < -0.39 is 23.5 Å². The third-order valence-corrected chi connectivity index (χ3v) is 9.39. The molecular weight excluding hydrogens is 597 g/mol. The number of amides is 1. The van der Waals surface area contributed by atoms with Gasteiger partial charge in [-0.2, -0.15) is 0 Å². The molecule has 3 heterocycles. The van der Waals surface area contributed by atoms with E-state index in [0.717, 1.165) is 12.0 Å². The Balaban J connectivity index is 1.46. The molecule has 0 spiro atoms. The van der Waals surface area contributed by atoms with Crippen LogP contribution in [-0.4, -0.2) is 33.6 Å². The Labute approximate surface area is 247 Å². The number of halogens is 2. The van der Waals surface area contributed by atoms with Gasteiger partial charge in [-0.1, -0.05) is 77.5 Å². The molecule has 7 nitrogen and oxygen atoms in total. The van der Waals surface area contributed by atoms with Crippen molar-refractivity contribution in [2.75, 3.05) is 11.5 Å². The first-order chi connectivity index (χ1) is 18.9. The number of carbonyl (C=O) groups excluding carboxylic acids is 2. The van der Waals surface area contributed by atoms with Crippen LogP contribution < -0.4 is 9.64 Å². The van der Waals surface area contributed by atoms with Crippen molar-refractivity contribution in [3.05, 3.63) is 97.4 Å². The second-order valence-corrected chi connectivity index (χ2v) is 12.4. The van der Waals surface area contributed by atoms with E-state index >= 15 is 0 Å². The minimum atomic E-state index is -0.885. The smallest absolute Gasteiger partial charge is 0.296 e. The minimum Gasteiger partial charge on any atom is -0.503 e. The van der Waals surface area contributed by atoms with Crippen molar-refractivity contribution in [1.82, 2.24) is 10.2 Å². The topological polar surface area (TPSA) is 92.6 Å². The number of benzene rings is 2. The van der Waals surface area contributed by atoms with Crippen LogP contribution >= 0.6 is 57.6 Å². The van der Waals surface area contributed by atoms with E-state index in [0.29, 0.717) is 42.9 Å². The summed E-state index contributed by atoms with van der Waals surface area (Å²) in [4.78, 5) is 28.6. The standard InChI is InChI=1S/C27H21Cl2N3O4S3/c1-2-11-36-18-9-6-15(7-10-18)22-21(23(33)20-4-3-12-37-20)24(34)25(35)32(22)26-30-31-27(39-26)38-14-16-5-8-17(28)13-19(16)29/h3-10,12-13,22,34H,2,11,14H2,1H3. The number of ether oxygens (including phenoxy) is 1. The number of Topliss-reactive ketones (excluding diaryl/α,β-unsaturated/α-hetero) is 1. The van der Waals surface area contributed by atoms with Gasteiger partial charge in [-0.3, -0.25) is 14.5 Å². The lowest BCUT2D eigenvalue weighted by molar-refractivity contribution is -0.117. The summed E-state index contributed by atoms with van der Waals surface area (Å²) in [5, 5.41) is 22.6. The molecule has 4 aromatic rings. The molecule has 0 saturated heterocycles. The van der Waals surface area contributed by atoms with Crippen LogP contribution in [0.25, 0.3) is 0 Å². The van der Waals surface area contributed by atoms with Crippen LogP contribution in [0.4, 0.5) is 5.13 Å². The third-order valence-electron chi connectivity index (χ3n) is 5.83. The van der Waals surface area contributed by atoms with E-state index in [4.69, 9.17) is 27.9 Å². The summed E-state index contributed by atoms with van der Waals surface area (Å²) < 4.78 is 6.29. The molecule has 2 aromatic carbocycles. The lowest BCUT2D eigenvalue weighted by Crippen LogP contribution is -2.31. The van der Waals surface area contributed by atoms with E-state index in [-0.39, 0.29) is 10.7 Å². The fourth-order valence-corrected chi connectivity index (χ4v) is 7.10. The molecular formula is C27H21Cl2N3O4S3. The molecule has 2 aromatic heterocycles. The summed E-state index contributed by atoms with van der Waals surface area (Å²) in [5.74, 6) is -0.522. The first-order valence-electron chi connectivity index (χ1n) is 11.8. The Kier molecular flexibility index (Phi) is 8.58. The SMILES string of the molecule is CCCOc1ccc(C2C(C(=O)c3cccs3)=C(O)C(=O)N2c2nnc(SCc3ccc(Cl)cc3Cl)s2)cc1. The highest BCUT2D eigenvalue weighted by Gasteiger charge is 2.46. The molecule has 1 N–H and O–H groups in total. The zero-order chi connectivity index (χ0) is 27.5. The molecule has 0 radical (unpaired) electrons. The van der Waals surface area contributed by atoms with Crippen molar-refractivity contribution in [2.45, 2.75) is 29.5 Å². The maximum atomic E-state index is 13.5. The fraction of sp³-hybridized carbons (Fsp3) is 0.185. The largest absolute Gasteiger partial charge is 0.503 e. The number of nitrogens with zero attached hydrogens (tertiary/aromatic N) is 3. The Hall–Kier alpha value is -2.89. The molecule has 1 amide bonds. The number of carbonyl (C=O) groups is 2. The maximum Gasteiger partial charge on any atom is 0.296 e. The van der Waals surface area contributed by atoms with Gasteiger partial charge in [0.05, 0.1) is 23.1 Å². The predicted octanol–water partition coefficient (Wildman–Crippen LogP) is 7.77. The van der Waals surface area contributed by atoms with Crippen molar-refractivity contribution in [2.24, 2.45) is 0 Å². The number of aliphatic hydroxyl groups excluding tert-OH is 1. The number of aromatic nitrogens is 2. The molecule has 0 saturated carbocycles. The average Bonchev–Trinajstić information content (AvgIpc) is 3.68. The molecule has 1 aliphatic rings. The summed E-state index contributed by atoms with van der Waals surface area (Å²) in [6, 6.07) is 15.0. The molecule has 39 heavy (non-hydrogen) atoms. The first kappa shape index (κ1) is 27.7. The fourth-order valence-electron chi connectivity index (χ4n) is 3.99. The van der Waals surface area contributed by atoms with Gasteiger partial charge in [-0.15, -0.1) is 21.5 Å². The van der Waals surface area contributed by atoms with Crippen LogP contribution in [0, 0.1) is 0 Å². The molecule has 0 aliphatic carbocycles. The highest BCUT2D eigenvalue weighted by Crippen LogP contribution is 2.44. The van der Waals surface area contributed by atoms with E-state index in [1.54, 1.807) is 53.9 Å². The quantitative estimate of drug-likeness (QED) is 0.110. The van der Waals surface area contributed by atoms with Crippen molar-refractivity contribution in [3.63, 3.8) is 0 Å². The van der Waals surface area contributed by atoms with Crippen LogP contribution in [0.1, 0.15) is 40.2 Å². The number of thioether (sulfide) groups is 1. The Bertz CT molecular complexity index is 1540. The number of hydrogen-bond donors (Lipinski definition) is 1. The van der Waals surface area contributed by atoms with Crippen molar-refractivity contribution in [1.29, 1.82) is 0 Å². The number of ketones is 1. The molecule has 1 aliphatic heterocycles. The summed E-state index contributed by atoms with van der Waals surface area (Å²) in [6.45, 7) is 2.59. The molecule has 0 bridgehead atoms. The molecule has 1 atom stereocenters. The number of anilines is 1. The van der Waals surface area contributed by atoms with Crippen LogP contribution in [-0.2, 0) is 10.5 Å². The molecule has 0 fully saturated rings. The zero-order valence-corrected chi connectivity index (χ0v) is 24.4. The van der Waals surface area contributed by atoms with Gasteiger partial charge in [-0.05, 0) is 53.3 Å². The number of rotatable bonds is 10. The van der Waals surface area contributed by atoms with Crippen molar-refractivity contribution in [3.8, 4) is 5.75 Å². The normalized spacial score (nSPS) is 15.3. The Morgan fingerprint density at radius 1 is 1.15 bits per heavy atom. The molecule has 12 heteroatoms. The van der Waals surface area contributed by atoms with Gasteiger partial charge in [0.15, 0.2) is 10.1 Å². The lowest BCUT2D eigenvalue weighted by atomic mass is 9.95. The second-order valence-electron chi connectivity index (χ2n) is 8.44. The van der Waals surface area contributed by atoms with E-state index in [1.807, 2.05) is 13.0 Å². The minimum absolute atomic E-state index is 0.00188. The van der Waals surface area contributed by atoms with Gasteiger partial charge in [0, 0.05) is 15.8 Å². The Morgan fingerprint density at radius 2 is 1.95 bits per heavy atom. The summed E-state index contributed by atoms with van der Waals surface area (Å²) in [6.07, 6.45) is 0.865. The number of hydrogen-bond acceptors (Lipinski definition) is 9. The van der Waals surface area contributed by atoms with Crippen molar-refractivity contribution < 1.29 is 19.4 Å². The van der Waals surface area contributed by atoms with Crippen LogP contribution in [0.2, 0.25) is 10.0 Å². The van der Waals surface area contributed by atoms with Gasteiger partial charge in [0.2, 0.25) is 10.9 Å². The zero-order valence-electron chi connectivity index (χ0n) is 20.5. The monoisotopic (exact) mass is 617 g/mol. The van der Waals surface area contributed by atoms with Gasteiger partial charge in [0.25, 0.3) is 5.91 Å². The van der Waals surface area contributed by atoms with Gasteiger partial charge < -0.3 is 9.84 Å². The van der Waals surface area contributed by atoms with Gasteiger partial charge in [-0.25, -0.2) is 0 Å². The van der Waals surface area contributed by atoms with E-state index in [1.165, 1.54) is 39.3 Å². The number of aliphatic hydroxyl groups is 1. The summed E-state index contributed by atoms with van der Waals surface area (Å²) in [7, 11) is 0. The summed E-state index contributed by atoms with van der Waals surface area (Å²) >= 11 is 16.1. The molecule has 1 unspecified atom stereocenters. The van der Waals surface area contributed by atoms with Crippen LogP contribution in [0.3, 0.4) is 0 Å². The molecule has 200 valence electrons. The highest BCUT2D eigenvalue weighted by molar-refractivity contribution is 8.00. The predicted molar refractivity (Wildman–Crippen MR) is 157 cm³/mol. The van der Waals surface area contributed by atoms with Crippen molar-refractivity contribution >= 4 is 74.5 Å². The van der Waals surface area contributed by atoms with E-state index in [9.17, 15) is 14.7 Å².